The molecule has 0 saturated heterocycles. The monoisotopic (exact) mass is 295 g/mol. The largest absolute Gasteiger partial charge is 0.473 e. The van der Waals surface area contributed by atoms with Gasteiger partial charge in [-0.15, -0.1) is 11.6 Å². The van der Waals surface area contributed by atoms with Crippen molar-refractivity contribution in [1.29, 1.82) is 0 Å². The molecule has 1 aromatic heterocycles. The summed E-state index contributed by atoms with van der Waals surface area (Å²) >= 11 is 11.8. The molecule has 0 aliphatic carbocycles. The molecule has 1 aromatic carbocycles. The topological polar surface area (TPSA) is 22.1 Å². The molecule has 0 radical (unpaired) electrons. The second-order valence-corrected chi connectivity index (χ2v) is 4.91. The average Bonchev–Trinajstić information content (AvgIpc) is 2.44. The Balaban J connectivity index is 2.10. The highest BCUT2D eigenvalue weighted by atomic mass is 35.5. The highest BCUT2D eigenvalue weighted by molar-refractivity contribution is 6.30. The zero-order chi connectivity index (χ0) is 13.7. The second-order valence-electron chi connectivity index (χ2n) is 4.21. The summed E-state index contributed by atoms with van der Waals surface area (Å²) in [5.41, 5.74) is 3.03. The second kappa shape index (κ2) is 6.78. The van der Waals surface area contributed by atoms with Crippen LogP contribution in [0, 0.1) is 0 Å². The van der Waals surface area contributed by atoms with Crippen LogP contribution in [-0.2, 0) is 18.9 Å². The molecular formula is C15H15Cl2NO. The van der Waals surface area contributed by atoms with Gasteiger partial charge in [-0.25, -0.2) is 4.98 Å². The van der Waals surface area contributed by atoms with Crippen LogP contribution < -0.4 is 4.74 Å². The fourth-order valence-electron chi connectivity index (χ4n) is 1.74. The predicted molar refractivity (Wildman–Crippen MR) is 79.0 cm³/mol. The summed E-state index contributed by atoms with van der Waals surface area (Å²) in [4.78, 5) is 4.42. The Kier molecular flexibility index (Phi) is 5.06. The molecule has 0 aliphatic rings. The van der Waals surface area contributed by atoms with Crippen molar-refractivity contribution in [3.05, 3.63) is 58.2 Å². The van der Waals surface area contributed by atoms with Gasteiger partial charge < -0.3 is 4.74 Å². The number of hydrogen-bond donors (Lipinski definition) is 0. The summed E-state index contributed by atoms with van der Waals surface area (Å²) in [6.45, 7) is 2.50. The molecule has 100 valence electrons. The van der Waals surface area contributed by atoms with E-state index in [1.165, 1.54) is 0 Å². The minimum absolute atomic E-state index is 0.447. The average molecular weight is 296 g/mol. The summed E-state index contributed by atoms with van der Waals surface area (Å²) in [5.74, 6) is 1.07. The van der Waals surface area contributed by atoms with E-state index in [2.05, 4.69) is 11.9 Å². The van der Waals surface area contributed by atoms with Crippen LogP contribution in [0.2, 0.25) is 5.02 Å². The van der Waals surface area contributed by atoms with Gasteiger partial charge in [0.15, 0.2) is 0 Å². The standard InChI is InChI=1S/C15H15Cl2NO/c1-2-14-7-12(9-16)8-15(18-14)19-10-11-4-3-5-13(17)6-11/h3-8H,2,9-10H2,1H3. The minimum Gasteiger partial charge on any atom is -0.473 e. The highest BCUT2D eigenvalue weighted by Crippen LogP contribution is 2.17. The molecule has 2 rings (SSSR count). The summed E-state index contributed by atoms with van der Waals surface area (Å²) < 4.78 is 5.70. The van der Waals surface area contributed by atoms with Gasteiger partial charge in [0.05, 0.1) is 0 Å². The Morgan fingerprint density at radius 1 is 1.16 bits per heavy atom. The SMILES string of the molecule is CCc1cc(CCl)cc(OCc2cccc(Cl)c2)n1. The van der Waals surface area contributed by atoms with E-state index in [0.29, 0.717) is 23.4 Å². The Bertz CT molecular complexity index is 535. The molecule has 0 amide bonds. The number of halogens is 2. The molecular weight excluding hydrogens is 281 g/mol. The maximum Gasteiger partial charge on any atom is 0.214 e. The third-order valence-corrected chi connectivity index (χ3v) is 3.25. The molecule has 2 nitrogen and oxygen atoms in total. The van der Waals surface area contributed by atoms with Crippen LogP contribution in [0.3, 0.4) is 0 Å². The molecule has 1 heterocycles. The van der Waals surface area contributed by atoms with Crippen molar-refractivity contribution in [3.63, 3.8) is 0 Å². The normalized spacial score (nSPS) is 10.5. The van der Waals surface area contributed by atoms with Crippen LogP contribution in [0.15, 0.2) is 36.4 Å². The molecule has 0 saturated carbocycles. The number of pyridine rings is 1. The van der Waals surface area contributed by atoms with Crippen molar-refractivity contribution in [3.8, 4) is 5.88 Å². The fourth-order valence-corrected chi connectivity index (χ4v) is 2.10. The number of benzene rings is 1. The fraction of sp³-hybridized carbons (Fsp3) is 0.267. The maximum atomic E-state index is 5.93. The number of aryl methyl sites for hydroxylation is 1. The van der Waals surface area contributed by atoms with Crippen LogP contribution in [0.1, 0.15) is 23.7 Å². The first-order valence-corrected chi connectivity index (χ1v) is 7.05. The predicted octanol–water partition coefficient (Wildman–Crippen LogP) is 4.62. The summed E-state index contributed by atoms with van der Waals surface area (Å²) in [6.07, 6.45) is 0.859. The number of alkyl halides is 1. The van der Waals surface area contributed by atoms with Crippen LogP contribution >= 0.6 is 23.2 Å². The van der Waals surface area contributed by atoms with Crippen LogP contribution in [0.25, 0.3) is 0 Å². The Morgan fingerprint density at radius 2 is 2.00 bits per heavy atom. The number of rotatable bonds is 5. The first-order chi connectivity index (χ1) is 9.21. The van der Waals surface area contributed by atoms with Crippen molar-refractivity contribution in [2.24, 2.45) is 0 Å². The summed E-state index contributed by atoms with van der Waals surface area (Å²) in [7, 11) is 0. The van der Waals surface area contributed by atoms with Gasteiger partial charge >= 0.3 is 0 Å². The molecule has 4 heteroatoms. The molecule has 0 atom stereocenters. The first-order valence-electron chi connectivity index (χ1n) is 6.14. The van der Waals surface area contributed by atoms with Gasteiger partial charge in [0, 0.05) is 22.7 Å². The molecule has 0 unspecified atom stereocenters. The lowest BCUT2D eigenvalue weighted by Gasteiger charge is -2.09. The van der Waals surface area contributed by atoms with E-state index >= 15 is 0 Å². The lowest BCUT2D eigenvalue weighted by atomic mass is 10.2. The first kappa shape index (κ1) is 14.2. The zero-order valence-corrected chi connectivity index (χ0v) is 12.2. The van der Waals surface area contributed by atoms with Gasteiger partial charge in [-0.2, -0.15) is 0 Å². The zero-order valence-electron chi connectivity index (χ0n) is 10.7. The number of ether oxygens (including phenoxy) is 1. The van der Waals surface area contributed by atoms with Crippen molar-refractivity contribution in [2.45, 2.75) is 25.8 Å². The molecule has 0 fully saturated rings. The Hall–Kier alpha value is -1.25. The number of aromatic nitrogens is 1. The molecule has 0 spiro atoms. The Morgan fingerprint density at radius 3 is 2.68 bits per heavy atom. The third kappa shape index (κ3) is 4.12. The van der Waals surface area contributed by atoms with E-state index < -0.39 is 0 Å². The lowest BCUT2D eigenvalue weighted by Crippen LogP contribution is -2.00. The van der Waals surface area contributed by atoms with E-state index in [1.807, 2.05) is 36.4 Å². The maximum absolute atomic E-state index is 5.93. The van der Waals surface area contributed by atoms with E-state index in [0.717, 1.165) is 23.2 Å². The van der Waals surface area contributed by atoms with Crippen LogP contribution in [0.5, 0.6) is 5.88 Å². The van der Waals surface area contributed by atoms with Gasteiger partial charge in [-0.05, 0) is 35.7 Å². The van der Waals surface area contributed by atoms with Crippen molar-refractivity contribution in [1.82, 2.24) is 4.98 Å². The third-order valence-electron chi connectivity index (χ3n) is 2.71. The minimum atomic E-state index is 0.447. The summed E-state index contributed by atoms with van der Waals surface area (Å²) in [5, 5.41) is 0.706. The summed E-state index contributed by atoms with van der Waals surface area (Å²) in [6, 6.07) is 11.5. The van der Waals surface area contributed by atoms with Gasteiger partial charge in [0.2, 0.25) is 5.88 Å². The van der Waals surface area contributed by atoms with E-state index in [9.17, 15) is 0 Å². The Labute approximate surface area is 123 Å². The van der Waals surface area contributed by atoms with Gasteiger partial charge in [0.1, 0.15) is 6.61 Å². The van der Waals surface area contributed by atoms with Crippen molar-refractivity contribution >= 4 is 23.2 Å². The quantitative estimate of drug-likeness (QED) is 0.751. The van der Waals surface area contributed by atoms with Crippen molar-refractivity contribution in [2.75, 3.05) is 0 Å². The molecule has 0 bridgehead atoms. The van der Waals surface area contributed by atoms with Crippen LogP contribution in [-0.4, -0.2) is 4.98 Å². The smallest absolute Gasteiger partial charge is 0.214 e. The van der Waals surface area contributed by atoms with Gasteiger partial charge in [-0.1, -0.05) is 30.7 Å². The van der Waals surface area contributed by atoms with Crippen molar-refractivity contribution < 1.29 is 4.74 Å². The number of nitrogens with zero attached hydrogens (tertiary/aromatic N) is 1. The highest BCUT2D eigenvalue weighted by Gasteiger charge is 2.03. The molecule has 0 aliphatic heterocycles. The van der Waals surface area contributed by atoms with Gasteiger partial charge in [0.25, 0.3) is 0 Å². The van der Waals surface area contributed by atoms with E-state index in [4.69, 9.17) is 27.9 Å². The molecule has 19 heavy (non-hydrogen) atoms. The molecule has 0 N–H and O–H groups in total. The number of hydrogen-bond acceptors (Lipinski definition) is 2. The van der Waals surface area contributed by atoms with E-state index in [1.54, 1.807) is 0 Å². The van der Waals surface area contributed by atoms with Gasteiger partial charge in [-0.3, -0.25) is 0 Å². The van der Waals surface area contributed by atoms with Crippen LogP contribution in [0.4, 0.5) is 0 Å². The lowest BCUT2D eigenvalue weighted by molar-refractivity contribution is 0.293. The van der Waals surface area contributed by atoms with E-state index in [-0.39, 0.29) is 0 Å². The molecule has 2 aromatic rings.